The van der Waals surface area contributed by atoms with Crippen LogP contribution in [0.15, 0.2) is 54.9 Å². The van der Waals surface area contributed by atoms with Gasteiger partial charge in [0.1, 0.15) is 6.54 Å². The van der Waals surface area contributed by atoms with Crippen LogP contribution in [0, 0.1) is 0 Å². The highest BCUT2D eigenvalue weighted by molar-refractivity contribution is 6.09. The third kappa shape index (κ3) is 7.05. The lowest BCUT2D eigenvalue weighted by Crippen LogP contribution is -2.43. The molecule has 3 aromatic heterocycles. The Labute approximate surface area is 237 Å². The summed E-state index contributed by atoms with van der Waals surface area (Å²) in [7, 11) is 0. The maximum Gasteiger partial charge on any atom is 0.240 e. The lowest BCUT2D eigenvalue weighted by Gasteiger charge is -2.24. The van der Waals surface area contributed by atoms with Gasteiger partial charge in [0.05, 0.1) is 11.2 Å². The molecule has 8 heteroatoms. The van der Waals surface area contributed by atoms with Gasteiger partial charge in [0.25, 0.3) is 0 Å². The van der Waals surface area contributed by atoms with Gasteiger partial charge in [-0.15, -0.1) is 0 Å². The summed E-state index contributed by atoms with van der Waals surface area (Å²) in [6, 6.07) is 14.8. The summed E-state index contributed by atoms with van der Waals surface area (Å²) in [5.41, 5.74) is 11.5. The minimum absolute atomic E-state index is 0.0651. The summed E-state index contributed by atoms with van der Waals surface area (Å²) in [6.45, 7) is 4.53. The SMILES string of the molecule is NCCCCNCc1nccc2c3ccccc3n(CC(=O)NC3CCNCC3)c12.c1cnc2c(c1)CCCC2. The number of pyridine rings is 2. The van der Waals surface area contributed by atoms with Crippen molar-refractivity contribution in [2.45, 2.75) is 70.5 Å². The first kappa shape index (κ1) is 28.2. The van der Waals surface area contributed by atoms with Gasteiger partial charge < -0.3 is 26.3 Å². The van der Waals surface area contributed by atoms with Gasteiger partial charge >= 0.3 is 0 Å². The average Bonchev–Trinajstić information content (AvgIpc) is 3.32. The quantitative estimate of drug-likeness (QED) is 0.240. The molecule has 40 heavy (non-hydrogen) atoms. The fraction of sp³-hybridized carbons (Fsp3) is 0.469. The number of nitrogens with one attached hydrogen (secondary N) is 3. The Bertz CT molecular complexity index is 1370. The number of amides is 1. The van der Waals surface area contributed by atoms with Gasteiger partial charge in [0, 0.05) is 47.0 Å². The molecule has 0 atom stereocenters. The van der Waals surface area contributed by atoms with Crippen molar-refractivity contribution in [1.82, 2.24) is 30.5 Å². The van der Waals surface area contributed by atoms with Gasteiger partial charge in [-0.25, -0.2) is 0 Å². The molecule has 4 heterocycles. The molecule has 1 aliphatic heterocycles. The molecule has 6 rings (SSSR count). The number of rotatable bonds is 9. The van der Waals surface area contributed by atoms with Gasteiger partial charge in [0.15, 0.2) is 0 Å². The van der Waals surface area contributed by atoms with Crippen LogP contribution < -0.4 is 21.7 Å². The number of nitrogens with zero attached hydrogens (tertiary/aromatic N) is 3. The minimum atomic E-state index is 0.0651. The number of aryl methyl sites for hydroxylation is 2. The number of hydrogen-bond donors (Lipinski definition) is 4. The van der Waals surface area contributed by atoms with Crippen molar-refractivity contribution in [2.24, 2.45) is 5.73 Å². The third-order valence-electron chi connectivity index (χ3n) is 7.96. The zero-order chi connectivity index (χ0) is 27.6. The third-order valence-corrected chi connectivity index (χ3v) is 7.96. The van der Waals surface area contributed by atoms with Crippen LogP contribution in [-0.2, 0) is 30.7 Å². The molecule has 0 unspecified atom stereocenters. The van der Waals surface area contributed by atoms with Gasteiger partial charge in [0.2, 0.25) is 5.91 Å². The van der Waals surface area contributed by atoms with Crippen molar-refractivity contribution >= 4 is 27.7 Å². The number of aromatic nitrogens is 3. The summed E-state index contributed by atoms with van der Waals surface area (Å²) in [4.78, 5) is 21.9. The summed E-state index contributed by atoms with van der Waals surface area (Å²) in [6.07, 6.45) is 12.9. The number of carbonyl (C=O) groups is 1. The van der Waals surface area contributed by atoms with E-state index in [1.54, 1.807) is 0 Å². The molecule has 1 aromatic carbocycles. The minimum Gasteiger partial charge on any atom is -0.352 e. The van der Waals surface area contributed by atoms with Crippen LogP contribution in [0.2, 0.25) is 0 Å². The molecule has 4 aromatic rings. The van der Waals surface area contributed by atoms with Gasteiger partial charge in [-0.05, 0) is 101 Å². The Morgan fingerprint density at radius 2 is 1.82 bits per heavy atom. The van der Waals surface area contributed by atoms with E-state index < -0.39 is 0 Å². The van der Waals surface area contributed by atoms with Crippen molar-refractivity contribution in [3.8, 4) is 0 Å². The van der Waals surface area contributed by atoms with Crippen molar-refractivity contribution in [3.63, 3.8) is 0 Å². The largest absolute Gasteiger partial charge is 0.352 e. The number of carbonyl (C=O) groups excluding carboxylic acids is 1. The second-order valence-electron chi connectivity index (χ2n) is 10.8. The summed E-state index contributed by atoms with van der Waals surface area (Å²) < 4.78 is 2.13. The molecule has 1 aliphatic carbocycles. The number of hydrogen-bond acceptors (Lipinski definition) is 6. The Hall–Kier alpha value is -3.33. The molecule has 1 fully saturated rings. The van der Waals surface area contributed by atoms with E-state index in [4.69, 9.17) is 5.73 Å². The number of piperidine rings is 1. The topological polar surface area (TPSA) is 110 Å². The van der Waals surface area contributed by atoms with Crippen LogP contribution >= 0.6 is 0 Å². The molecule has 1 saturated heterocycles. The number of benzene rings is 1. The standard InChI is InChI=1S/C23H32N6O.C9H11N/c24-10-3-4-11-26-15-20-23-19(9-14-27-20)18-5-1-2-6-21(18)29(23)16-22(30)28-17-7-12-25-13-8-17;1-2-6-9-8(4-1)5-3-7-10-9/h1-2,5-6,9,14,17,25-26H,3-4,7-8,10-13,15-16,24H2,(H,28,30);3,5,7H,1-2,4,6H2. The van der Waals surface area contributed by atoms with E-state index in [1.165, 1.54) is 36.9 Å². The first-order valence-corrected chi connectivity index (χ1v) is 14.9. The highest BCUT2D eigenvalue weighted by Crippen LogP contribution is 2.30. The maximum absolute atomic E-state index is 12.9. The van der Waals surface area contributed by atoms with Crippen LogP contribution in [0.5, 0.6) is 0 Å². The van der Waals surface area contributed by atoms with E-state index in [9.17, 15) is 4.79 Å². The summed E-state index contributed by atoms with van der Waals surface area (Å²) >= 11 is 0. The zero-order valence-corrected chi connectivity index (χ0v) is 23.5. The van der Waals surface area contributed by atoms with E-state index in [1.807, 2.05) is 30.6 Å². The lowest BCUT2D eigenvalue weighted by molar-refractivity contribution is -0.122. The lowest BCUT2D eigenvalue weighted by atomic mass is 9.96. The molecule has 212 valence electrons. The molecule has 5 N–H and O–H groups in total. The molecule has 2 aliphatic rings. The predicted octanol–water partition coefficient (Wildman–Crippen LogP) is 3.85. The van der Waals surface area contributed by atoms with Crippen LogP contribution in [0.25, 0.3) is 21.8 Å². The second-order valence-corrected chi connectivity index (χ2v) is 10.8. The van der Waals surface area contributed by atoms with Crippen molar-refractivity contribution in [3.05, 3.63) is 71.8 Å². The molecule has 0 bridgehead atoms. The monoisotopic (exact) mass is 541 g/mol. The Morgan fingerprint density at radius 1 is 0.975 bits per heavy atom. The summed E-state index contributed by atoms with van der Waals surface area (Å²) in [5, 5.41) is 12.4. The van der Waals surface area contributed by atoms with Crippen molar-refractivity contribution in [2.75, 3.05) is 26.2 Å². The smallest absolute Gasteiger partial charge is 0.240 e. The van der Waals surface area contributed by atoms with E-state index >= 15 is 0 Å². The molecule has 8 nitrogen and oxygen atoms in total. The molecule has 1 amide bonds. The average molecular weight is 542 g/mol. The van der Waals surface area contributed by atoms with Crippen molar-refractivity contribution < 1.29 is 4.79 Å². The Balaban J connectivity index is 0.000000269. The van der Waals surface area contributed by atoms with Crippen LogP contribution in [0.4, 0.5) is 0 Å². The second kappa shape index (κ2) is 14.3. The molecule has 0 spiro atoms. The number of unbranched alkanes of at least 4 members (excludes halogenated alkanes) is 1. The molecule has 0 saturated carbocycles. The first-order chi connectivity index (χ1) is 19.7. The van der Waals surface area contributed by atoms with Crippen LogP contribution in [0.3, 0.4) is 0 Å². The fourth-order valence-electron chi connectivity index (χ4n) is 5.88. The van der Waals surface area contributed by atoms with E-state index in [2.05, 4.69) is 54.8 Å². The number of para-hydroxylation sites is 1. The van der Waals surface area contributed by atoms with E-state index in [-0.39, 0.29) is 11.9 Å². The highest BCUT2D eigenvalue weighted by atomic mass is 16.2. The van der Waals surface area contributed by atoms with Crippen molar-refractivity contribution in [1.29, 1.82) is 0 Å². The Kier molecular flexibility index (Phi) is 10.1. The summed E-state index contributed by atoms with van der Waals surface area (Å²) in [5.74, 6) is 0.0651. The van der Waals surface area contributed by atoms with Crippen LogP contribution in [0.1, 0.15) is 55.5 Å². The van der Waals surface area contributed by atoms with Gasteiger partial charge in [-0.3, -0.25) is 14.8 Å². The van der Waals surface area contributed by atoms with Gasteiger partial charge in [-0.1, -0.05) is 24.3 Å². The molecular formula is C32H43N7O. The predicted molar refractivity (Wildman–Crippen MR) is 162 cm³/mol. The normalized spacial score (nSPS) is 15.4. The first-order valence-electron chi connectivity index (χ1n) is 14.9. The number of nitrogens with two attached hydrogens (primary N) is 1. The molecular weight excluding hydrogens is 498 g/mol. The zero-order valence-electron chi connectivity index (χ0n) is 23.5. The maximum atomic E-state index is 12.9. The van der Waals surface area contributed by atoms with E-state index in [0.29, 0.717) is 13.1 Å². The number of fused-ring (bicyclic) bond motifs is 4. The van der Waals surface area contributed by atoms with E-state index in [0.717, 1.165) is 79.4 Å². The van der Waals surface area contributed by atoms with Gasteiger partial charge in [-0.2, -0.15) is 0 Å². The fourth-order valence-corrected chi connectivity index (χ4v) is 5.88. The molecule has 0 radical (unpaired) electrons. The van der Waals surface area contributed by atoms with Crippen LogP contribution in [-0.4, -0.2) is 52.7 Å². The highest BCUT2D eigenvalue weighted by Gasteiger charge is 2.19. The Morgan fingerprint density at radius 3 is 2.67 bits per heavy atom.